The number of hydrogen-bond acceptors (Lipinski definition) is 4. The first-order valence-electron chi connectivity index (χ1n) is 4.95. The Morgan fingerprint density at radius 1 is 1.80 bits per heavy atom. The molecule has 1 fully saturated rings. The van der Waals surface area contributed by atoms with Crippen molar-refractivity contribution in [1.82, 2.24) is 10.6 Å². The molecule has 1 heterocycles. The molecule has 0 saturated carbocycles. The Balaban J connectivity index is 2.21. The molecule has 2 unspecified atom stereocenters. The van der Waals surface area contributed by atoms with E-state index in [1.165, 1.54) is 0 Å². The molecule has 15 heavy (non-hydrogen) atoms. The van der Waals surface area contributed by atoms with Gasteiger partial charge in [-0.1, -0.05) is 18.7 Å². The summed E-state index contributed by atoms with van der Waals surface area (Å²) in [7, 11) is 0. The third-order valence-electron chi connectivity index (χ3n) is 2.24. The van der Waals surface area contributed by atoms with Crippen molar-refractivity contribution in [3.05, 3.63) is 0 Å². The molecule has 2 atom stereocenters. The fourth-order valence-corrected chi connectivity index (χ4v) is 2.02. The van der Waals surface area contributed by atoms with E-state index in [-0.39, 0.29) is 23.7 Å². The van der Waals surface area contributed by atoms with Gasteiger partial charge in [-0.15, -0.1) is 0 Å². The van der Waals surface area contributed by atoms with Gasteiger partial charge in [0.1, 0.15) is 6.04 Å². The van der Waals surface area contributed by atoms with Crippen LogP contribution in [0, 0.1) is 5.92 Å². The molecule has 6 heteroatoms. The molecule has 0 aromatic rings. The Labute approximate surface area is 93.0 Å². The van der Waals surface area contributed by atoms with E-state index in [9.17, 15) is 9.59 Å². The van der Waals surface area contributed by atoms with Gasteiger partial charge in [0, 0.05) is 18.9 Å². The standard InChI is InChI=1S/C9H16N2O3S/c1-6(2-3-12)4-10-8(13)7-5-15-9(14)11-7/h6-7,12H,2-5H2,1H3,(H,10,13)(H,11,14). The Bertz CT molecular complexity index is 248. The molecule has 1 rings (SSSR count). The average molecular weight is 232 g/mol. The number of rotatable bonds is 5. The second kappa shape index (κ2) is 5.97. The van der Waals surface area contributed by atoms with Gasteiger partial charge in [-0.3, -0.25) is 9.59 Å². The predicted molar refractivity (Wildman–Crippen MR) is 58.7 cm³/mol. The Kier molecular flexibility index (Phi) is 4.90. The number of aliphatic hydroxyl groups is 1. The molecular formula is C9H16N2O3S. The van der Waals surface area contributed by atoms with E-state index in [1.54, 1.807) is 0 Å². The summed E-state index contributed by atoms with van der Waals surface area (Å²) in [6.45, 7) is 2.63. The summed E-state index contributed by atoms with van der Waals surface area (Å²) in [5.41, 5.74) is 0. The van der Waals surface area contributed by atoms with E-state index < -0.39 is 6.04 Å². The lowest BCUT2D eigenvalue weighted by molar-refractivity contribution is -0.122. The summed E-state index contributed by atoms with van der Waals surface area (Å²) < 4.78 is 0. The second-order valence-electron chi connectivity index (χ2n) is 3.66. The van der Waals surface area contributed by atoms with Crippen molar-refractivity contribution in [3.8, 4) is 0 Å². The maximum Gasteiger partial charge on any atom is 0.279 e. The molecule has 3 N–H and O–H groups in total. The molecule has 0 aliphatic carbocycles. The van der Waals surface area contributed by atoms with Crippen molar-refractivity contribution < 1.29 is 14.7 Å². The average Bonchev–Trinajstić information content (AvgIpc) is 2.62. The first kappa shape index (κ1) is 12.3. The molecule has 0 bridgehead atoms. The van der Waals surface area contributed by atoms with E-state index in [0.29, 0.717) is 18.7 Å². The maximum absolute atomic E-state index is 11.5. The van der Waals surface area contributed by atoms with Crippen LogP contribution in [0.3, 0.4) is 0 Å². The summed E-state index contributed by atoms with van der Waals surface area (Å²) >= 11 is 1.13. The number of aliphatic hydroxyl groups excluding tert-OH is 1. The second-order valence-corrected chi connectivity index (χ2v) is 4.65. The maximum atomic E-state index is 11.5. The van der Waals surface area contributed by atoms with Gasteiger partial charge >= 0.3 is 0 Å². The first-order chi connectivity index (χ1) is 7.13. The monoisotopic (exact) mass is 232 g/mol. The van der Waals surface area contributed by atoms with Crippen LogP contribution < -0.4 is 10.6 Å². The fourth-order valence-electron chi connectivity index (χ4n) is 1.25. The van der Waals surface area contributed by atoms with Crippen molar-refractivity contribution in [3.63, 3.8) is 0 Å². The molecule has 5 nitrogen and oxygen atoms in total. The summed E-state index contributed by atoms with van der Waals surface area (Å²) in [6.07, 6.45) is 0.673. The molecule has 86 valence electrons. The third kappa shape index (κ3) is 4.09. The minimum absolute atomic E-state index is 0.132. The molecule has 0 spiro atoms. The highest BCUT2D eigenvalue weighted by Gasteiger charge is 2.27. The van der Waals surface area contributed by atoms with E-state index in [1.807, 2.05) is 6.92 Å². The number of carbonyl (C=O) groups excluding carboxylic acids is 2. The molecule has 1 saturated heterocycles. The number of carbonyl (C=O) groups is 2. The SMILES string of the molecule is CC(CCO)CNC(=O)C1CSC(=O)N1. The number of nitrogens with one attached hydrogen (secondary N) is 2. The zero-order valence-electron chi connectivity index (χ0n) is 8.66. The van der Waals surface area contributed by atoms with Crippen LogP contribution in [-0.4, -0.2) is 41.2 Å². The van der Waals surface area contributed by atoms with Crippen LogP contribution in [-0.2, 0) is 4.79 Å². The van der Waals surface area contributed by atoms with Gasteiger partial charge < -0.3 is 15.7 Å². The van der Waals surface area contributed by atoms with E-state index >= 15 is 0 Å². The van der Waals surface area contributed by atoms with Gasteiger partial charge in [0.05, 0.1) is 0 Å². The van der Waals surface area contributed by atoms with Gasteiger partial charge in [-0.05, 0) is 12.3 Å². The van der Waals surface area contributed by atoms with Crippen LogP contribution in [0.15, 0.2) is 0 Å². The van der Waals surface area contributed by atoms with Gasteiger partial charge in [0.15, 0.2) is 0 Å². The highest BCUT2D eigenvalue weighted by Crippen LogP contribution is 2.12. The van der Waals surface area contributed by atoms with Crippen LogP contribution in [0.1, 0.15) is 13.3 Å². The zero-order valence-corrected chi connectivity index (χ0v) is 9.47. The van der Waals surface area contributed by atoms with Crippen LogP contribution >= 0.6 is 11.8 Å². The predicted octanol–water partition coefficient (Wildman–Crippen LogP) is -0.0539. The lowest BCUT2D eigenvalue weighted by Gasteiger charge is -2.13. The van der Waals surface area contributed by atoms with Crippen LogP contribution in [0.25, 0.3) is 0 Å². The number of hydrogen-bond donors (Lipinski definition) is 3. The zero-order chi connectivity index (χ0) is 11.3. The largest absolute Gasteiger partial charge is 0.396 e. The molecule has 1 aliphatic heterocycles. The smallest absolute Gasteiger partial charge is 0.279 e. The van der Waals surface area contributed by atoms with E-state index in [0.717, 1.165) is 11.8 Å². The van der Waals surface area contributed by atoms with Gasteiger partial charge in [0.2, 0.25) is 5.91 Å². The topological polar surface area (TPSA) is 78.4 Å². The normalized spacial score (nSPS) is 22.3. The summed E-state index contributed by atoms with van der Waals surface area (Å²) in [6, 6.07) is -0.399. The Morgan fingerprint density at radius 3 is 3.07 bits per heavy atom. The fraction of sp³-hybridized carbons (Fsp3) is 0.778. The van der Waals surface area contributed by atoms with Crippen molar-refractivity contribution in [2.45, 2.75) is 19.4 Å². The lowest BCUT2D eigenvalue weighted by atomic mass is 10.1. The van der Waals surface area contributed by atoms with Crippen molar-refractivity contribution in [2.24, 2.45) is 5.92 Å². The van der Waals surface area contributed by atoms with E-state index in [4.69, 9.17) is 5.11 Å². The third-order valence-corrected chi connectivity index (χ3v) is 3.12. The highest BCUT2D eigenvalue weighted by atomic mass is 32.2. The minimum Gasteiger partial charge on any atom is -0.396 e. The molecule has 2 amide bonds. The molecule has 0 aromatic carbocycles. The Morgan fingerprint density at radius 2 is 2.53 bits per heavy atom. The summed E-state index contributed by atoms with van der Waals surface area (Å²) in [5, 5.41) is 13.9. The van der Waals surface area contributed by atoms with Crippen molar-refractivity contribution in [1.29, 1.82) is 0 Å². The summed E-state index contributed by atoms with van der Waals surface area (Å²) in [5.74, 6) is 0.612. The summed E-state index contributed by atoms with van der Waals surface area (Å²) in [4.78, 5) is 22.3. The van der Waals surface area contributed by atoms with Crippen LogP contribution in [0.2, 0.25) is 0 Å². The lowest BCUT2D eigenvalue weighted by Crippen LogP contribution is -2.44. The quantitative estimate of drug-likeness (QED) is 0.621. The minimum atomic E-state index is -0.399. The highest BCUT2D eigenvalue weighted by molar-refractivity contribution is 8.14. The van der Waals surface area contributed by atoms with Gasteiger partial charge in [-0.25, -0.2) is 0 Å². The van der Waals surface area contributed by atoms with E-state index in [2.05, 4.69) is 10.6 Å². The van der Waals surface area contributed by atoms with Gasteiger partial charge in [0.25, 0.3) is 5.24 Å². The molecule has 0 aromatic heterocycles. The molecule has 1 aliphatic rings. The number of thioether (sulfide) groups is 1. The first-order valence-corrected chi connectivity index (χ1v) is 5.94. The molecular weight excluding hydrogens is 216 g/mol. The van der Waals surface area contributed by atoms with Crippen molar-refractivity contribution in [2.75, 3.05) is 18.9 Å². The van der Waals surface area contributed by atoms with Crippen molar-refractivity contribution >= 4 is 22.9 Å². The Hall–Kier alpha value is -0.750. The van der Waals surface area contributed by atoms with Gasteiger partial charge in [-0.2, -0.15) is 0 Å². The number of amides is 2. The van der Waals surface area contributed by atoms with Crippen LogP contribution in [0.4, 0.5) is 4.79 Å². The molecule has 0 radical (unpaired) electrons. The van der Waals surface area contributed by atoms with Crippen LogP contribution in [0.5, 0.6) is 0 Å².